The van der Waals surface area contributed by atoms with Gasteiger partial charge in [0, 0.05) is 36.0 Å². The fourth-order valence-electron chi connectivity index (χ4n) is 3.40. The summed E-state index contributed by atoms with van der Waals surface area (Å²) in [7, 11) is -4.71. The first-order chi connectivity index (χ1) is 14.8. The molecular weight excluding hydrogens is 445 g/mol. The van der Waals surface area contributed by atoms with E-state index in [2.05, 4.69) is 19.1 Å². The Balaban J connectivity index is 0.00000961. The summed E-state index contributed by atoms with van der Waals surface area (Å²) in [5.41, 5.74) is 0. The predicted molar refractivity (Wildman–Crippen MR) is 123 cm³/mol. The average Bonchev–Trinajstić information content (AvgIpc) is 2.99. The Hall–Kier alpha value is -0.740. The zero-order valence-corrected chi connectivity index (χ0v) is 22.4. The van der Waals surface area contributed by atoms with Crippen molar-refractivity contribution in [3.05, 3.63) is 12.2 Å². The minimum atomic E-state index is -4.71. The molecule has 1 aliphatic rings. The van der Waals surface area contributed by atoms with Gasteiger partial charge in [-0.3, -0.25) is 14.1 Å². The van der Waals surface area contributed by atoms with Gasteiger partial charge >= 0.3 is 5.97 Å². The topological polar surface area (TPSA) is 118 Å². The largest absolute Gasteiger partial charge is 0.333 e. The average molecular weight is 483 g/mol. The molecule has 10 heteroatoms. The summed E-state index contributed by atoms with van der Waals surface area (Å²) in [4.78, 5) is 39.9. The molecule has 32 heavy (non-hydrogen) atoms. The van der Waals surface area contributed by atoms with Crippen molar-refractivity contribution >= 4 is 57.5 Å². The van der Waals surface area contributed by atoms with E-state index >= 15 is 0 Å². The van der Waals surface area contributed by atoms with Crippen LogP contribution in [0.15, 0.2) is 12.2 Å². The minimum Gasteiger partial charge on any atom is -0.330 e. The number of imide groups is 1. The van der Waals surface area contributed by atoms with Crippen LogP contribution in [0.2, 0.25) is 0 Å². The van der Waals surface area contributed by atoms with Crippen LogP contribution >= 0.6 is 0 Å². The zero-order chi connectivity index (χ0) is 23.1. The van der Waals surface area contributed by atoms with E-state index in [0.29, 0.717) is 6.42 Å². The van der Waals surface area contributed by atoms with E-state index in [0.717, 1.165) is 38.5 Å². The van der Waals surface area contributed by atoms with Crippen LogP contribution in [0.3, 0.4) is 0 Å². The predicted octanol–water partition coefficient (Wildman–Crippen LogP) is 4.12. The fraction of sp³-hybridized carbons (Fsp3) is 0.773. The molecule has 1 radical (unpaired) electrons. The van der Waals surface area contributed by atoms with Gasteiger partial charge in [-0.05, 0) is 32.1 Å². The molecule has 0 aromatic heterocycles. The summed E-state index contributed by atoms with van der Waals surface area (Å²) in [5.74, 6) is -2.95. The summed E-state index contributed by atoms with van der Waals surface area (Å²) < 4.78 is 31.1. The van der Waals surface area contributed by atoms with E-state index in [1.165, 1.54) is 38.5 Å². The summed E-state index contributed by atoms with van der Waals surface area (Å²) >= 11 is 0. The number of hydrogen-bond donors (Lipinski definition) is 1. The van der Waals surface area contributed by atoms with Crippen LogP contribution in [0, 0.1) is 0 Å². The Bertz CT molecular complexity index is 709. The second-order valence-corrected chi connectivity index (χ2v) is 9.63. The van der Waals surface area contributed by atoms with Gasteiger partial charge in [-0.1, -0.05) is 70.4 Å². The van der Waals surface area contributed by atoms with Crippen molar-refractivity contribution < 1.29 is 32.2 Å². The summed E-state index contributed by atoms with van der Waals surface area (Å²) in [5, 5.41) is -1.74. The number of hydroxylamine groups is 2. The van der Waals surface area contributed by atoms with Gasteiger partial charge in [-0.15, -0.1) is 5.06 Å². The van der Waals surface area contributed by atoms with E-state index in [1.54, 1.807) is 0 Å². The Morgan fingerprint density at radius 2 is 1.47 bits per heavy atom. The van der Waals surface area contributed by atoms with Crippen molar-refractivity contribution in [1.82, 2.24) is 5.06 Å². The first-order valence-corrected chi connectivity index (χ1v) is 13.0. The molecule has 179 valence electrons. The minimum absolute atomic E-state index is 0. The standard InChI is InChI=1S/C22H37NO7S.Na/c1-2-3-4-5-6-7-8-9-10-11-12-13-14-15-16-17-21(25)30-23-20(24)18-19(22(23)26)31(27,28)29;/h9-10,19H,2-8,11-18H2,1H3,(H,27,28,29);/b10-9-;. The first kappa shape index (κ1) is 31.3. The van der Waals surface area contributed by atoms with Crippen LogP contribution in [-0.4, -0.2) is 70.6 Å². The molecule has 2 amide bonds. The van der Waals surface area contributed by atoms with Crippen LogP contribution in [0.5, 0.6) is 0 Å². The molecule has 0 spiro atoms. The molecule has 1 saturated heterocycles. The smallest absolute Gasteiger partial charge is 0.330 e. The molecule has 0 aliphatic carbocycles. The number of carbonyl (C=O) groups is 3. The van der Waals surface area contributed by atoms with E-state index in [9.17, 15) is 22.8 Å². The third-order valence-corrected chi connectivity index (χ3v) is 6.34. The molecule has 0 aromatic carbocycles. The monoisotopic (exact) mass is 482 g/mol. The third kappa shape index (κ3) is 13.1. The second kappa shape index (κ2) is 17.7. The van der Waals surface area contributed by atoms with Crippen molar-refractivity contribution in [2.24, 2.45) is 0 Å². The van der Waals surface area contributed by atoms with Crippen molar-refractivity contribution in [2.75, 3.05) is 0 Å². The Labute approximate surface area is 214 Å². The Kier molecular flexibility index (Phi) is 17.3. The van der Waals surface area contributed by atoms with Gasteiger partial charge in [-0.2, -0.15) is 8.42 Å². The molecule has 1 unspecified atom stereocenters. The maximum Gasteiger partial charge on any atom is 0.333 e. The van der Waals surface area contributed by atoms with Crippen LogP contribution in [0.25, 0.3) is 0 Å². The maximum absolute atomic E-state index is 11.8. The molecule has 1 fully saturated rings. The zero-order valence-electron chi connectivity index (χ0n) is 19.6. The Morgan fingerprint density at radius 1 is 0.969 bits per heavy atom. The number of carbonyl (C=O) groups excluding carboxylic acids is 3. The van der Waals surface area contributed by atoms with Gasteiger partial charge in [0.15, 0.2) is 5.25 Å². The SMILES string of the molecule is CCCCCCCC/C=C\CCCCCCCC(=O)ON1C(=O)CC(S(=O)(=O)O)C1=O.[Na]. The number of amides is 2. The molecular formula is C22H37NNaO7S. The third-order valence-electron chi connectivity index (χ3n) is 5.26. The van der Waals surface area contributed by atoms with E-state index in [1.807, 2.05) is 0 Å². The fourth-order valence-corrected chi connectivity index (χ4v) is 4.10. The first-order valence-electron chi connectivity index (χ1n) is 11.5. The quantitative estimate of drug-likeness (QED) is 0.109. The number of nitrogens with zero attached hydrogens (tertiary/aromatic N) is 1. The van der Waals surface area contributed by atoms with Gasteiger partial charge in [0.1, 0.15) is 0 Å². The van der Waals surface area contributed by atoms with E-state index in [-0.39, 0.29) is 41.0 Å². The second-order valence-electron chi connectivity index (χ2n) is 8.03. The number of rotatable bonds is 17. The van der Waals surface area contributed by atoms with E-state index in [4.69, 9.17) is 9.39 Å². The van der Waals surface area contributed by atoms with Gasteiger partial charge in [-0.25, -0.2) is 4.79 Å². The van der Waals surface area contributed by atoms with Crippen molar-refractivity contribution in [3.63, 3.8) is 0 Å². The van der Waals surface area contributed by atoms with Crippen LogP contribution in [0.4, 0.5) is 0 Å². The maximum atomic E-state index is 11.8. The van der Waals surface area contributed by atoms with Gasteiger partial charge in [0.2, 0.25) is 0 Å². The summed E-state index contributed by atoms with van der Waals surface area (Å²) in [6.45, 7) is 2.23. The number of unbranched alkanes of at least 4 members (excludes halogenated alkanes) is 11. The van der Waals surface area contributed by atoms with Gasteiger partial charge in [0.25, 0.3) is 21.9 Å². The Morgan fingerprint density at radius 3 is 1.97 bits per heavy atom. The molecule has 1 aliphatic heterocycles. The van der Waals surface area contributed by atoms with Crippen LogP contribution in [0.1, 0.15) is 103 Å². The molecule has 1 N–H and O–H groups in total. The van der Waals surface area contributed by atoms with E-state index < -0.39 is 39.6 Å². The van der Waals surface area contributed by atoms with Crippen molar-refractivity contribution in [2.45, 2.75) is 108 Å². The summed E-state index contributed by atoms with van der Waals surface area (Å²) in [6.07, 6.45) is 18.5. The summed E-state index contributed by atoms with van der Waals surface area (Å²) in [6, 6.07) is 0. The van der Waals surface area contributed by atoms with Gasteiger partial charge in [0.05, 0.1) is 6.42 Å². The van der Waals surface area contributed by atoms with Crippen molar-refractivity contribution in [1.29, 1.82) is 0 Å². The van der Waals surface area contributed by atoms with Crippen LogP contribution in [-0.2, 0) is 29.3 Å². The molecule has 0 saturated carbocycles. The normalized spacial score (nSPS) is 16.6. The molecule has 0 bridgehead atoms. The molecule has 8 nitrogen and oxygen atoms in total. The molecule has 1 rings (SSSR count). The molecule has 1 atom stereocenters. The van der Waals surface area contributed by atoms with Crippen LogP contribution < -0.4 is 0 Å². The number of hydrogen-bond acceptors (Lipinski definition) is 6. The molecule has 0 aromatic rings. The van der Waals surface area contributed by atoms with Gasteiger partial charge < -0.3 is 4.84 Å². The van der Waals surface area contributed by atoms with Crippen molar-refractivity contribution in [3.8, 4) is 0 Å². The number of allylic oxidation sites excluding steroid dienone is 2. The molecule has 1 heterocycles.